The minimum Gasteiger partial charge on any atom is -0.480 e. The Hall–Kier alpha value is -0.610. The van der Waals surface area contributed by atoms with E-state index in [9.17, 15) is 4.79 Å². The SMILES string of the molecule is CC(C)C(NCC1CC(O)C1)C(=O)O. The van der Waals surface area contributed by atoms with Crippen molar-refractivity contribution < 1.29 is 15.0 Å². The fourth-order valence-corrected chi connectivity index (χ4v) is 1.77. The molecule has 1 fully saturated rings. The molecule has 0 spiro atoms. The highest BCUT2D eigenvalue weighted by atomic mass is 16.4. The fourth-order valence-electron chi connectivity index (χ4n) is 1.77. The Labute approximate surface area is 84.3 Å². The third-order valence-corrected chi connectivity index (χ3v) is 2.77. The van der Waals surface area contributed by atoms with Crippen LogP contribution in [-0.2, 0) is 4.79 Å². The summed E-state index contributed by atoms with van der Waals surface area (Å²) in [5.74, 6) is -0.247. The highest BCUT2D eigenvalue weighted by Gasteiger charge is 2.29. The van der Waals surface area contributed by atoms with Crippen LogP contribution in [0.25, 0.3) is 0 Å². The maximum atomic E-state index is 10.8. The van der Waals surface area contributed by atoms with Gasteiger partial charge in [-0.05, 0) is 31.2 Å². The van der Waals surface area contributed by atoms with E-state index in [-0.39, 0.29) is 12.0 Å². The van der Waals surface area contributed by atoms with E-state index in [4.69, 9.17) is 10.2 Å². The van der Waals surface area contributed by atoms with Crippen molar-refractivity contribution in [2.45, 2.75) is 38.8 Å². The maximum Gasteiger partial charge on any atom is 0.320 e. The standard InChI is InChI=1S/C10H19NO3/c1-6(2)9(10(13)14)11-5-7-3-8(12)4-7/h6-9,11-12H,3-5H2,1-2H3,(H,13,14). The number of aliphatic hydroxyl groups is 1. The van der Waals surface area contributed by atoms with Gasteiger partial charge in [-0.15, -0.1) is 0 Å². The lowest BCUT2D eigenvalue weighted by Crippen LogP contribution is -2.46. The molecule has 3 N–H and O–H groups in total. The molecule has 1 atom stereocenters. The van der Waals surface area contributed by atoms with Crippen LogP contribution < -0.4 is 5.32 Å². The smallest absolute Gasteiger partial charge is 0.320 e. The van der Waals surface area contributed by atoms with Crippen LogP contribution in [0.4, 0.5) is 0 Å². The lowest BCUT2D eigenvalue weighted by Gasteiger charge is -2.32. The van der Waals surface area contributed by atoms with Gasteiger partial charge in [0, 0.05) is 0 Å². The molecule has 1 saturated carbocycles. The van der Waals surface area contributed by atoms with Crippen molar-refractivity contribution in [2.24, 2.45) is 11.8 Å². The number of carboxylic acids is 1. The van der Waals surface area contributed by atoms with Gasteiger partial charge in [-0.1, -0.05) is 13.8 Å². The first-order valence-electron chi connectivity index (χ1n) is 5.15. The number of rotatable bonds is 5. The minimum absolute atomic E-state index is 0.0949. The van der Waals surface area contributed by atoms with Crippen LogP contribution in [0.5, 0.6) is 0 Å². The van der Waals surface area contributed by atoms with E-state index in [1.165, 1.54) is 0 Å². The molecule has 4 nitrogen and oxygen atoms in total. The number of hydrogen-bond acceptors (Lipinski definition) is 3. The van der Waals surface area contributed by atoms with Crippen molar-refractivity contribution in [1.82, 2.24) is 5.32 Å². The third kappa shape index (κ3) is 2.96. The van der Waals surface area contributed by atoms with Gasteiger partial charge in [0.25, 0.3) is 0 Å². The van der Waals surface area contributed by atoms with E-state index >= 15 is 0 Å². The summed E-state index contributed by atoms with van der Waals surface area (Å²) in [7, 11) is 0. The quantitative estimate of drug-likeness (QED) is 0.604. The Kier molecular flexibility index (Phi) is 3.89. The summed E-state index contributed by atoms with van der Waals surface area (Å²) in [4.78, 5) is 10.8. The van der Waals surface area contributed by atoms with Crippen molar-refractivity contribution in [3.8, 4) is 0 Å². The first-order chi connectivity index (χ1) is 6.50. The predicted molar refractivity (Wildman–Crippen MR) is 53.0 cm³/mol. The normalized spacial score (nSPS) is 28.6. The zero-order valence-corrected chi connectivity index (χ0v) is 8.73. The minimum atomic E-state index is -0.792. The van der Waals surface area contributed by atoms with Crippen LogP contribution in [0.15, 0.2) is 0 Å². The van der Waals surface area contributed by atoms with Gasteiger partial charge < -0.3 is 15.5 Å². The summed E-state index contributed by atoms with van der Waals surface area (Å²) < 4.78 is 0. The van der Waals surface area contributed by atoms with Crippen molar-refractivity contribution in [3.63, 3.8) is 0 Å². The lowest BCUT2D eigenvalue weighted by atomic mass is 9.82. The Bertz CT molecular complexity index is 200. The molecule has 0 heterocycles. The van der Waals surface area contributed by atoms with Gasteiger partial charge in [0.15, 0.2) is 0 Å². The molecule has 0 aliphatic heterocycles. The van der Waals surface area contributed by atoms with E-state index in [2.05, 4.69) is 5.32 Å². The molecular weight excluding hydrogens is 182 g/mol. The van der Waals surface area contributed by atoms with Crippen molar-refractivity contribution in [3.05, 3.63) is 0 Å². The molecule has 0 aromatic carbocycles. The average molecular weight is 201 g/mol. The maximum absolute atomic E-state index is 10.8. The van der Waals surface area contributed by atoms with Crippen molar-refractivity contribution >= 4 is 5.97 Å². The highest BCUT2D eigenvalue weighted by molar-refractivity contribution is 5.73. The number of nitrogens with one attached hydrogen (secondary N) is 1. The van der Waals surface area contributed by atoms with Crippen LogP contribution in [0, 0.1) is 11.8 Å². The highest BCUT2D eigenvalue weighted by Crippen LogP contribution is 2.26. The summed E-state index contributed by atoms with van der Waals surface area (Å²) in [5.41, 5.74) is 0. The van der Waals surface area contributed by atoms with Crippen LogP contribution in [-0.4, -0.2) is 34.9 Å². The number of carboxylic acid groups (broad SMARTS) is 1. The number of hydrogen-bond donors (Lipinski definition) is 3. The summed E-state index contributed by atoms with van der Waals surface area (Å²) in [6.45, 7) is 4.48. The zero-order valence-electron chi connectivity index (χ0n) is 8.73. The van der Waals surface area contributed by atoms with E-state index in [0.717, 1.165) is 12.8 Å². The Balaban J connectivity index is 2.23. The van der Waals surface area contributed by atoms with E-state index in [0.29, 0.717) is 12.5 Å². The summed E-state index contributed by atoms with van der Waals surface area (Å²) in [5, 5.41) is 21.0. The number of carbonyl (C=O) groups is 1. The largest absolute Gasteiger partial charge is 0.480 e. The van der Waals surface area contributed by atoms with Gasteiger partial charge in [0.05, 0.1) is 6.10 Å². The molecule has 0 saturated heterocycles. The molecular formula is C10H19NO3. The monoisotopic (exact) mass is 201 g/mol. The third-order valence-electron chi connectivity index (χ3n) is 2.77. The number of aliphatic hydroxyl groups excluding tert-OH is 1. The van der Waals surface area contributed by atoms with Crippen LogP contribution >= 0.6 is 0 Å². The molecule has 1 aliphatic carbocycles. The molecule has 14 heavy (non-hydrogen) atoms. The second-order valence-corrected chi connectivity index (χ2v) is 4.46. The summed E-state index contributed by atoms with van der Waals surface area (Å²) in [6.07, 6.45) is 1.44. The molecule has 0 radical (unpaired) electrons. The zero-order chi connectivity index (χ0) is 10.7. The molecule has 4 heteroatoms. The number of aliphatic carboxylic acids is 1. The fraction of sp³-hybridized carbons (Fsp3) is 0.900. The van der Waals surface area contributed by atoms with Crippen molar-refractivity contribution in [2.75, 3.05) is 6.54 Å². The van der Waals surface area contributed by atoms with Gasteiger partial charge in [-0.2, -0.15) is 0 Å². The van der Waals surface area contributed by atoms with Gasteiger partial charge in [-0.3, -0.25) is 4.79 Å². The summed E-state index contributed by atoms with van der Waals surface area (Å²) in [6, 6.07) is -0.465. The molecule has 82 valence electrons. The van der Waals surface area contributed by atoms with E-state index in [1.54, 1.807) is 0 Å². The molecule has 1 rings (SSSR count). The van der Waals surface area contributed by atoms with Gasteiger partial charge in [-0.25, -0.2) is 0 Å². The molecule has 1 aliphatic rings. The molecule has 0 amide bonds. The van der Waals surface area contributed by atoms with E-state index < -0.39 is 12.0 Å². The molecule has 0 aromatic heterocycles. The summed E-state index contributed by atoms with van der Waals surface area (Å²) >= 11 is 0. The molecule has 0 aromatic rings. The Morgan fingerprint density at radius 1 is 1.50 bits per heavy atom. The van der Waals surface area contributed by atoms with Gasteiger partial charge >= 0.3 is 5.97 Å². The Morgan fingerprint density at radius 3 is 2.43 bits per heavy atom. The lowest BCUT2D eigenvalue weighted by molar-refractivity contribution is -0.140. The Morgan fingerprint density at radius 2 is 2.07 bits per heavy atom. The van der Waals surface area contributed by atoms with E-state index in [1.807, 2.05) is 13.8 Å². The predicted octanol–water partition coefficient (Wildman–Crippen LogP) is 0.456. The van der Waals surface area contributed by atoms with Crippen molar-refractivity contribution in [1.29, 1.82) is 0 Å². The average Bonchev–Trinajstić information content (AvgIpc) is 1.99. The molecule has 0 bridgehead atoms. The van der Waals surface area contributed by atoms with Crippen LogP contribution in [0.3, 0.4) is 0 Å². The topological polar surface area (TPSA) is 69.6 Å². The molecule has 1 unspecified atom stereocenters. The van der Waals surface area contributed by atoms with Gasteiger partial charge in [0.2, 0.25) is 0 Å². The second kappa shape index (κ2) is 4.75. The first kappa shape index (κ1) is 11.5. The van der Waals surface area contributed by atoms with Crippen LogP contribution in [0.1, 0.15) is 26.7 Å². The first-order valence-corrected chi connectivity index (χ1v) is 5.15. The van der Waals surface area contributed by atoms with Gasteiger partial charge in [0.1, 0.15) is 6.04 Å². The second-order valence-electron chi connectivity index (χ2n) is 4.46. The van der Waals surface area contributed by atoms with Crippen LogP contribution in [0.2, 0.25) is 0 Å².